The third-order valence-electron chi connectivity index (χ3n) is 4.96. The Morgan fingerprint density at radius 1 is 1.48 bits per heavy atom. The molecule has 1 fully saturated rings. The Bertz CT molecular complexity index is 453. The highest BCUT2D eigenvalue weighted by atomic mass is 16.5. The highest BCUT2D eigenvalue weighted by Crippen LogP contribution is 2.49. The average molecular weight is 293 g/mol. The van der Waals surface area contributed by atoms with Crippen molar-refractivity contribution in [2.45, 2.75) is 66.0 Å². The lowest BCUT2D eigenvalue weighted by atomic mass is 9.76. The van der Waals surface area contributed by atoms with Crippen LogP contribution in [0, 0.1) is 11.3 Å². The molecule has 4 heteroatoms. The van der Waals surface area contributed by atoms with E-state index in [9.17, 15) is 0 Å². The van der Waals surface area contributed by atoms with Crippen LogP contribution in [0.2, 0.25) is 0 Å². The van der Waals surface area contributed by atoms with Crippen molar-refractivity contribution in [3.8, 4) is 5.75 Å². The summed E-state index contributed by atoms with van der Waals surface area (Å²) in [5.74, 6) is 1.57. The molecule has 0 saturated heterocycles. The van der Waals surface area contributed by atoms with Crippen LogP contribution in [0.3, 0.4) is 0 Å². The van der Waals surface area contributed by atoms with E-state index in [4.69, 9.17) is 4.74 Å². The second-order valence-electron chi connectivity index (χ2n) is 6.84. The minimum Gasteiger partial charge on any atom is -0.493 e. The molecule has 1 saturated carbocycles. The molecule has 1 aliphatic rings. The number of rotatable bonds is 7. The fourth-order valence-electron chi connectivity index (χ4n) is 3.86. The Balaban J connectivity index is 2.39. The zero-order chi connectivity index (χ0) is 15.5. The molecule has 0 amide bonds. The normalized spacial score (nSPS) is 22.4. The van der Waals surface area contributed by atoms with Gasteiger partial charge < -0.3 is 10.1 Å². The Morgan fingerprint density at radius 2 is 2.24 bits per heavy atom. The van der Waals surface area contributed by atoms with Crippen LogP contribution in [0.4, 0.5) is 0 Å². The van der Waals surface area contributed by atoms with Gasteiger partial charge >= 0.3 is 0 Å². The predicted molar refractivity (Wildman–Crippen MR) is 86.6 cm³/mol. The predicted octanol–water partition coefficient (Wildman–Crippen LogP) is 3.78. The lowest BCUT2D eigenvalue weighted by molar-refractivity contribution is 0.189. The van der Waals surface area contributed by atoms with Crippen molar-refractivity contribution in [1.82, 2.24) is 15.1 Å². The van der Waals surface area contributed by atoms with Gasteiger partial charge in [0.1, 0.15) is 0 Å². The van der Waals surface area contributed by atoms with Crippen molar-refractivity contribution in [2.24, 2.45) is 11.3 Å². The summed E-state index contributed by atoms with van der Waals surface area (Å²) in [5, 5.41) is 8.27. The second-order valence-corrected chi connectivity index (χ2v) is 6.84. The highest BCUT2D eigenvalue weighted by Gasteiger charge is 2.42. The smallest absolute Gasteiger partial charge is 0.161 e. The lowest BCUT2D eigenvalue weighted by Crippen LogP contribution is -2.35. The first-order valence-electron chi connectivity index (χ1n) is 8.38. The number of hydrogen-bond donors (Lipinski definition) is 1. The molecule has 1 N–H and O–H groups in total. The van der Waals surface area contributed by atoms with E-state index >= 15 is 0 Å². The van der Waals surface area contributed by atoms with Crippen molar-refractivity contribution < 1.29 is 4.74 Å². The number of aromatic nitrogens is 2. The second kappa shape index (κ2) is 6.82. The summed E-state index contributed by atoms with van der Waals surface area (Å²) in [6, 6.07) is 0.330. The molecule has 0 bridgehead atoms. The van der Waals surface area contributed by atoms with Crippen LogP contribution in [0.1, 0.15) is 65.1 Å². The fourth-order valence-corrected chi connectivity index (χ4v) is 3.86. The van der Waals surface area contributed by atoms with Crippen molar-refractivity contribution in [3.05, 3.63) is 11.9 Å². The van der Waals surface area contributed by atoms with Crippen molar-refractivity contribution >= 4 is 0 Å². The van der Waals surface area contributed by atoms with Gasteiger partial charge in [0, 0.05) is 6.54 Å². The largest absolute Gasteiger partial charge is 0.493 e. The molecule has 1 aromatic rings. The van der Waals surface area contributed by atoms with Gasteiger partial charge in [0.15, 0.2) is 5.75 Å². The molecule has 0 aromatic carbocycles. The van der Waals surface area contributed by atoms with Crippen LogP contribution >= 0.6 is 0 Å². The maximum atomic E-state index is 5.60. The summed E-state index contributed by atoms with van der Waals surface area (Å²) in [7, 11) is 1.75. The van der Waals surface area contributed by atoms with E-state index in [0.717, 1.165) is 25.3 Å². The first-order chi connectivity index (χ1) is 10.0. The molecule has 1 aromatic heterocycles. The third-order valence-corrected chi connectivity index (χ3v) is 4.96. The molecular formula is C17H31N3O. The van der Waals surface area contributed by atoms with E-state index in [1.54, 1.807) is 7.11 Å². The highest BCUT2D eigenvalue weighted by molar-refractivity contribution is 5.29. The first kappa shape index (κ1) is 16.3. The average Bonchev–Trinajstić information content (AvgIpc) is 3.00. The van der Waals surface area contributed by atoms with Crippen molar-refractivity contribution in [1.29, 1.82) is 0 Å². The van der Waals surface area contributed by atoms with E-state index in [0.29, 0.717) is 17.4 Å². The Kier molecular flexibility index (Phi) is 5.31. The first-order valence-corrected chi connectivity index (χ1v) is 8.38. The van der Waals surface area contributed by atoms with Crippen LogP contribution < -0.4 is 10.1 Å². The molecule has 120 valence electrons. The molecule has 2 atom stereocenters. The van der Waals surface area contributed by atoms with Gasteiger partial charge in [-0.3, -0.25) is 4.68 Å². The third kappa shape index (κ3) is 3.25. The minimum absolute atomic E-state index is 0.330. The maximum absolute atomic E-state index is 5.60. The van der Waals surface area contributed by atoms with Gasteiger partial charge in [0.25, 0.3) is 0 Å². The molecule has 21 heavy (non-hydrogen) atoms. The summed E-state index contributed by atoms with van der Waals surface area (Å²) in [6.07, 6.45) is 6.88. The SMILES string of the molecule is CCCn1ncc(OC)c1C(NCC)C1CCCC1(C)C. The number of aryl methyl sites for hydroxylation is 1. The summed E-state index contributed by atoms with van der Waals surface area (Å²) < 4.78 is 7.74. The quantitative estimate of drug-likeness (QED) is 0.831. The number of ether oxygens (including phenoxy) is 1. The van der Waals surface area contributed by atoms with Crippen LogP contribution in [0.25, 0.3) is 0 Å². The van der Waals surface area contributed by atoms with Crippen molar-refractivity contribution in [2.75, 3.05) is 13.7 Å². The topological polar surface area (TPSA) is 39.1 Å². The van der Waals surface area contributed by atoms with Crippen molar-refractivity contribution in [3.63, 3.8) is 0 Å². The van der Waals surface area contributed by atoms with Gasteiger partial charge in [0.05, 0.1) is 25.0 Å². The summed E-state index contributed by atoms with van der Waals surface area (Å²) in [4.78, 5) is 0. The lowest BCUT2D eigenvalue weighted by Gasteiger charge is -2.35. The standard InChI is InChI=1S/C17H31N3O/c1-6-11-20-16(14(21-5)12-19-20)15(18-7-2)13-9-8-10-17(13,3)4/h12-13,15,18H,6-11H2,1-5H3. The number of hydrogen-bond acceptors (Lipinski definition) is 3. The van der Waals surface area contributed by atoms with E-state index in [1.165, 1.54) is 25.0 Å². The summed E-state index contributed by atoms with van der Waals surface area (Å²) in [6.45, 7) is 11.1. The van der Waals surface area contributed by atoms with Crippen LogP contribution in [-0.2, 0) is 6.54 Å². The molecule has 2 unspecified atom stereocenters. The van der Waals surface area contributed by atoms with Gasteiger partial charge in [-0.2, -0.15) is 5.10 Å². The minimum atomic E-state index is 0.330. The maximum Gasteiger partial charge on any atom is 0.161 e. The summed E-state index contributed by atoms with van der Waals surface area (Å²) >= 11 is 0. The fraction of sp³-hybridized carbons (Fsp3) is 0.824. The molecule has 1 heterocycles. The number of nitrogens with one attached hydrogen (secondary N) is 1. The zero-order valence-corrected chi connectivity index (χ0v) is 14.3. The molecule has 1 aliphatic carbocycles. The number of nitrogens with zero attached hydrogens (tertiary/aromatic N) is 2. The zero-order valence-electron chi connectivity index (χ0n) is 14.3. The van der Waals surface area contributed by atoms with Crippen LogP contribution in [0.5, 0.6) is 5.75 Å². The molecule has 0 spiro atoms. The molecule has 4 nitrogen and oxygen atoms in total. The summed E-state index contributed by atoms with van der Waals surface area (Å²) in [5.41, 5.74) is 1.61. The van der Waals surface area contributed by atoms with Gasteiger partial charge in [-0.05, 0) is 37.1 Å². The van der Waals surface area contributed by atoms with E-state index in [2.05, 4.69) is 42.8 Å². The van der Waals surface area contributed by atoms with Gasteiger partial charge in [-0.15, -0.1) is 0 Å². The molecule has 2 rings (SSSR count). The van der Waals surface area contributed by atoms with Gasteiger partial charge in [-0.1, -0.05) is 34.1 Å². The van der Waals surface area contributed by atoms with Crippen LogP contribution in [0.15, 0.2) is 6.20 Å². The molecule has 0 aliphatic heterocycles. The Morgan fingerprint density at radius 3 is 2.76 bits per heavy atom. The number of methoxy groups -OCH3 is 1. The molecular weight excluding hydrogens is 262 g/mol. The monoisotopic (exact) mass is 293 g/mol. The van der Waals surface area contributed by atoms with E-state index in [1.807, 2.05) is 6.20 Å². The van der Waals surface area contributed by atoms with Crippen LogP contribution in [-0.4, -0.2) is 23.4 Å². The van der Waals surface area contributed by atoms with E-state index < -0.39 is 0 Å². The molecule has 0 radical (unpaired) electrons. The Hall–Kier alpha value is -1.03. The van der Waals surface area contributed by atoms with Gasteiger partial charge in [-0.25, -0.2) is 0 Å². The van der Waals surface area contributed by atoms with E-state index in [-0.39, 0.29) is 0 Å². The van der Waals surface area contributed by atoms with Gasteiger partial charge in [0.2, 0.25) is 0 Å². The Labute approximate surface area is 129 Å².